The molecule has 2 N–H and O–H groups in total. The molecular weight excluding hydrogens is 488 g/mol. The number of carbonyl (C=O) groups excluding carboxylic acids is 1. The second kappa shape index (κ2) is 12.3. The summed E-state index contributed by atoms with van der Waals surface area (Å²) in [5, 5.41) is 4.12. The Kier molecular flexibility index (Phi) is 8.64. The Morgan fingerprint density at radius 1 is 0.919 bits per heavy atom. The van der Waals surface area contributed by atoms with Gasteiger partial charge in [-0.2, -0.15) is 0 Å². The Morgan fingerprint density at radius 2 is 1.62 bits per heavy atom. The molecule has 37 heavy (non-hydrogen) atoms. The number of fused-ring (bicyclic) bond motifs is 1. The highest BCUT2D eigenvalue weighted by Gasteiger charge is 2.14. The molecule has 7 nitrogen and oxygen atoms in total. The predicted octanol–water partition coefficient (Wildman–Crippen LogP) is 5.79. The number of aromatic amines is 1. The van der Waals surface area contributed by atoms with Gasteiger partial charge in [-0.15, -0.1) is 11.8 Å². The van der Waals surface area contributed by atoms with Gasteiger partial charge in [-0.25, -0.2) is 0 Å². The van der Waals surface area contributed by atoms with Crippen LogP contribution in [0.25, 0.3) is 28.2 Å². The van der Waals surface area contributed by atoms with Crippen LogP contribution in [0.3, 0.4) is 0 Å². The second-order valence-corrected chi connectivity index (χ2v) is 9.14. The number of methoxy groups -OCH3 is 4. The zero-order valence-electron chi connectivity index (χ0n) is 21.3. The van der Waals surface area contributed by atoms with Gasteiger partial charge in [-0.3, -0.25) is 4.79 Å². The van der Waals surface area contributed by atoms with Gasteiger partial charge in [0.2, 0.25) is 11.7 Å². The number of hydrogen-bond donors (Lipinski definition) is 2. The van der Waals surface area contributed by atoms with E-state index in [0.717, 1.165) is 44.1 Å². The molecule has 0 bridgehead atoms. The number of aromatic nitrogens is 1. The van der Waals surface area contributed by atoms with E-state index in [-0.39, 0.29) is 5.91 Å². The Morgan fingerprint density at radius 3 is 2.27 bits per heavy atom. The minimum atomic E-state index is -0.177. The van der Waals surface area contributed by atoms with Crippen LogP contribution in [0.2, 0.25) is 0 Å². The zero-order chi connectivity index (χ0) is 26.2. The molecule has 0 aliphatic carbocycles. The van der Waals surface area contributed by atoms with Crippen molar-refractivity contribution in [3.63, 3.8) is 0 Å². The fourth-order valence-electron chi connectivity index (χ4n) is 3.98. The van der Waals surface area contributed by atoms with E-state index in [1.165, 1.54) is 6.08 Å². The maximum atomic E-state index is 12.5. The molecule has 1 aromatic heterocycles. The van der Waals surface area contributed by atoms with Crippen LogP contribution in [0.1, 0.15) is 5.56 Å². The normalized spacial score (nSPS) is 11.0. The molecule has 1 heterocycles. The number of carbonyl (C=O) groups is 1. The van der Waals surface area contributed by atoms with Crippen molar-refractivity contribution in [1.82, 2.24) is 10.3 Å². The summed E-state index contributed by atoms with van der Waals surface area (Å²) < 4.78 is 21.4. The van der Waals surface area contributed by atoms with Crippen LogP contribution in [0.5, 0.6) is 23.0 Å². The molecule has 0 fully saturated rings. The van der Waals surface area contributed by atoms with Gasteiger partial charge in [0.15, 0.2) is 11.5 Å². The van der Waals surface area contributed by atoms with E-state index < -0.39 is 0 Å². The minimum Gasteiger partial charge on any atom is -0.497 e. The van der Waals surface area contributed by atoms with Gasteiger partial charge >= 0.3 is 0 Å². The lowest BCUT2D eigenvalue weighted by molar-refractivity contribution is -0.116. The van der Waals surface area contributed by atoms with Crippen molar-refractivity contribution in [2.75, 3.05) is 40.7 Å². The average Bonchev–Trinajstić information content (AvgIpc) is 3.32. The molecule has 3 aromatic carbocycles. The van der Waals surface area contributed by atoms with Gasteiger partial charge in [0.1, 0.15) is 5.75 Å². The molecule has 4 rings (SSSR count). The number of ether oxygens (including phenoxy) is 4. The zero-order valence-corrected chi connectivity index (χ0v) is 22.1. The summed E-state index contributed by atoms with van der Waals surface area (Å²) in [6, 6.07) is 19.8. The molecule has 8 heteroatoms. The lowest BCUT2D eigenvalue weighted by Crippen LogP contribution is -2.23. The maximum absolute atomic E-state index is 12.5. The summed E-state index contributed by atoms with van der Waals surface area (Å²) in [7, 11) is 6.33. The summed E-state index contributed by atoms with van der Waals surface area (Å²) in [5.41, 5.74) is 3.98. The number of thioether (sulfide) groups is 1. The smallest absolute Gasteiger partial charge is 0.244 e. The molecule has 0 atom stereocenters. The number of nitrogens with one attached hydrogen (secondary N) is 2. The van der Waals surface area contributed by atoms with Crippen molar-refractivity contribution in [2.45, 2.75) is 4.90 Å². The SMILES string of the molecule is COc1ccc(-c2[nH]c3ccccc3c2SCCNC(=O)/C=C/c2cc(OC)c(OC)c(OC)c2)cc1. The first-order valence-electron chi connectivity index (χ1n) is 11.7. The van der Waals surface area contributed by atoms with E-state index in [1.807, 2.05) is 36.4 Å². The summed E-state index contributed by atoms with van der Waals surface area (Å²) >= 11 is 1.71. The first kappa shape index (κ1) is 26.0. The van der Waals surface area contributed by atoms with Crippen molar-refractivity contribution in [1.29, 1.82) is 0 Å². The lowest BCUT2D eigenvalue weighted by atomic mass is 10.1. The summed E-state index contributed by atoms with van der Waals surface area (Å²) in [6.07, 6.45) is 3.22. The average molecular weight is 519 g/mol. The Bertz CT molecular complexity index is 1370. The van der Waals surface area contributed by atoms with E-state index in [1.54, 1.807) is 58.4 Å². The molecule has 0 radical (unpaired) electrons. The fourth-order valence-corrected chi connectivity index (χ4v) is 5.04. The van der Waals surface area contributed by atoms with E-state index >= 15 is 0 Å². The molecular formula is C29H30N2O5S. The highest BCUT2D eigenvalue weighted by molar-refractivity contribution is 7.99. The Hall–Kier alpha value is -4.04. The number of rotatable bonds is 11. The standard InChI is InChI=1S/C29H30N2O5S/c1-33-21-12-10-20(11-13-21)27-29(22-7-5-6-8-23(22)31-27)37-16-15-30-26(32)14-9-19-17-24(34-2)28(36-4)25(18-19)35-3/h5-14,17-18,31H,15-16H2,1-4H3,(H,30,32)/b14-9+. The van der Waals surface area contributed by atoms with Crippen LogP contribution >= 0.6 is 11.8 Å². The molecule has 0 saturated heterocycles. The topological polar surface area (TPSA) is 81.8 Å². The van der Waals surface area contributed by atoms with E-state index in [0.29, 0.717) is 23.8 Å². The van der Waals surface area contributed by atoms with Gasteiger partial charge in [0.05, 0.1) is 34.1 Å². The molecule has 0 spiro atoms. The van der Waals surface area contributed by atoms with Crippen molar-refractivity contribution in [2.24, 2.45) is 0 Å². The summed E-state index contributed by atoms with van der Waals surface area (Å²) in [4.78, 5) is 17.2. The van der Waals surface area contributed by atoms with Crippen LogP contribution in [-0.2, 0) is 4.79 Å². The van der Waals surface area contributed by atoms with Crippen LogP contribution < -0.4 is 24.3 Å². The molecule has 0 aliphatic heterocycles. The monoisotopic (exact) mass is 518 g/mol. The molecule has 0 aliphatic rings. The highest BCUT2D eigenvalue weighted by atomic mass is 32.2. The van der Waals surface area contributed by atoms with Crippen molar-refractivity contribution in [3.8, 4) is 34.3 Å². The van der Waals surface area contributed by atoms with Crippen LogP contribution in [0.4, 0.5) is 0 Å². The first-order valence-corrected chi connectivity index (χ1v) is 12.7. The quantitative estimate of drug-likeness (QED) is 0.149. The molecule has 0 saturated carbocycles. The molecule has 4 aromatic rings. The first-order chi connectivity index (χ1) is 18.1. The van der Waals surface area contributed by atoms with Gasteiger partial charge in [0, 0.05) is 34.2 Å². The third kappa shape index (κ3) is 6.03. The van der Waals surface area contributed by atoms with E-state index in [9.17, 15) is 4.79 Å². The minimum absolute atomic E-state index is 0.177. The molecule has 1 amide bonds. The van der Waals surface area contributed by atoms with Crippen LogP contribution in [-0.4, -0.2) is 51.6 Å². The predicted molar refractivity (Wildman–Crippen MR) is 149 cm³/mol. The number of benzene rings is 3. The van der Waals surface area contributed by atoms with Gasteiger partial charge in [-0.1, -0.05) is 18.2 Å². The number of hydrogen-bond acceptors (Lipinski definition) is 6. The van der Waals surface area contributed by atoms with Gasteiger partial charge in [0.25, 0.3) is 0 Å². The van der Waals surface area contributed by atoms with Gasteiger partial charge in [-0.05, 0) is 59.7 Å². The fraction of sp³-hybridized carbons (Fsp3) is 0.207. The van der Waals surface area contributed by atoms with E-state index in [2.05, 4.69) is 22.4 Å². The van der Waals surface area contributed by atoms with Crippen molar-refractivity contribution < 1.29 is 23.7 Å². The Labute approximate surface area is 220 Å². The van der Waals surface area contributed by atoms with Gasteiger partial charge < -0.3 is 29.2 Å². The van der Waals surface area contributed by atoms with Crippen LogP contribution in [0.15, 0.2) is 71.6 Å². The third-order valence-electron chi connectivity index (χ3n) is 5.80. The second-order valence-electron chi connectivity index (χ2n) is 8.03. The lowest BCUT2D eigenvalue weighted by Gasteiger charge is -2.12. The summed E-state index contributed by atoms with van der Waals surface area (Å²) in [6.45, 7) is 0.519. The van der Waals surface area contributed by atoms with Crippen LogP contribution in [0, 0.1) is 0 Å². The largest absolute Gasteiger partial charge is 0.497 e. The number of amides is 1. The third-order valence-corrected chi connectivity index (χ3v) is 6.92. The Balaban J connectivity index is 1.41. The summed E-state index contributed by atoms with van der Waals surface area (Å²) in [5.74, 6) is 2.93. The molecule has 192 valence electrons. The maximum Gasteiger partial charge on any atom is 0.244 e. The molecule has 0 unspecified atom stereocenters. The number of para-hydroxylation sites is 1. The van der Waals surface area contributed by atoms with Crippen molar-refractivity contribution in [3.05, 3.63) is 72.3 Å². The highest BCUT2D eigenvalue weighted by Crippen LogP contribution is 2.39. The number of H-pyrrole nitrogens is 1. The van der Waals surface area contributed by atoms with Crippen molar-refractivity contribution >= 4 is 34.6 Å². The van der Waals surface area contributed by atoms with E-state index in [4.69, 9.17) is 18.9 Å².